The summed E-state index contributed by atoms with van der Waals surface area (Å²) in [6, 6.07) is 17.4. The highest BCUT2D eigenvalue weighted by molar-refractivity contribution is 7.15. The number of nitrogens with zero attached hydrogens (tertiary/aromatic N) is 3. The summed E-state index contributed by atoms with van der Waals surface area (Å²) < 4.78 is 1.75. The van der Waals surface area contributed by atoms with Crippen LogP contribution in [0.15, 0.2) is 54.6 Å². The van der Waals surface area contributed by atoms with Gasteiger partial charge in [0.25, 0.3) is 5.91 Å². The lowest BCUT2D eigenvalue weighted by Crippen LogP contribution is -2.13. The third-order valence-electron chi connectivity index (χ3n) is 3.95. The van der Waals surface area contributed by atoms with Crippen molar-refractivity contribution in [3.8, 4) is 16.3 Å². The molecular weight excluding hydrogens is 346 g/mol. The van der Waals surface area contributed by atoms with Crippen LogP contribution in [0.4, 0.5) is 5.82 Å². The molecule has 0 saturated heterocycles. The number of H-pyrrole nitrogens is 1. The smallest absolute Gasteiger partial charge is 0.277 e. The summed E-state index contributed by atoms with van der Waals surface area (Å²) in [6.07, 6.45) is 0. The molecule has 2 N–H and O–H groups in total. The van der Waals surface area contributed by atoms with Gasteiger partial charge in [-0.05, 0) is 44.2 Å². The Balaban J connectivity index is 1.53. The van der Waals surface area contributed by atoms with E-state index in [2.05, 4.69) is 33.6 Å². The molecule has 0 spiro atoms. The maximum absolute atomic E-state index is 12.5. The number of para-hydroxylation sites is 1. The van der Waals surface area contributed by atoms with E-state index in [1.807, 2.05) is 49.4 Å². The number of benzene rings is 1. The van der Waals surface area contributed by atoms with Crippen LogP contribution in [0, 0.1) is 13.8 Å². The van der Waals surface area contributed by atoms with Crippen molar-refractivity contribution < 1.29 is 4.79 Å². The fraction of sp³-hybridized carbons (Fsp3) is 0.105. The lowest BCUT2D eigenvalue weighted by Gasteiger charge is -2.02. The minimum atomic E-state index is -0.289. The van der Waals surface area contributed by atoms with Crippen molar-refractivity contribution in [2.24, 2.45) is 0 Å². The highest BCUT2D eigenvalue weighted by atomic mass is 32.1. The number of carbonyl (C=O) groups is 1. The summed E-state index contributed by atoms with van der Waals surface area (Å²) in [5.41, 5.74) is 3.03. The van der Waals surface area contributed by atoms with Crippen LogP contribution in [0.5, 0.6) is 0 Å². The topological polar surface area (TPSA) is 75.6 Å². The highest BCUT2D eigenvalue weighted by Crippen LogP contribution is 2.27. The number of aromatic amines is 1. The first kappa shape index (κ1) is 16.3. The lowest BCUT2D eigenvalue weighted by molar-refractivity contribution is 0.102. The van der Waals surface area contributed by atoms with E-state index in [4.69, 9.17) is 0 Å². The fourth-order valence-corrected chi connectivity index (χ4v) is 3.52. The van der Waals surface area contributed by atoms with Crippen molar-refractivity contribution in [3.63, 3.8) is 0 Å². The molecule has 6 nitrogen and oxygen atoms in total. The Morgan fingerprint density at radius 2 is 1.92 bits per heavy atom. The number of anilines is 1. The Kier molecular flexibility index (Phi) is 4.14. The molecule has 0 bridgehead atoms. The summed E-state index contributed by atoms with van der Waals surface area (Å²) in [5, 5.41) is 14.3. The zero-order valence-electron chi connectivity index (χ0n) is 14.4. The monoisotopic (exact) mass is 363 g/mol. The van der Waals surface area contributed by atoms with Crippen LogP contribution in [-0.4, -0.2) is 25.9 Å². The van der Waals surface area contributed by atoms with E-state index in [-0.39, 0.29) is 5.91 Å². The number of thiophene rings is 1. The van der Waals surface area contributed by atoms with Gasteiger partial charge in [0.15, 0.2) is 11.5 Å². The summed E-state index contributed by atoms with van der Waals surface area (Å²) in [5.74, 6) is 0.186. The number of amides is 1. The molecule has 3 aromatic heterocycles. The highest BCUT2D eigenvalue weighted by Gasteiger charge is 2.15. The predicted molar refractivity (Wildman–Crippen MR) is 103 cm³/mol. The molecule has 0 saturated carbocycles. The van der Waals surface area contributed by atoms with Gasteiger partial charge in [-0.3, -0.25) is 9.89 Å². The van der Waals surface area contributed by atoms with Crippen LogP contribution in [-0.2, 0) is 0 Å². The van der Waals surface area contributed by atoms with Crippen molar-refractivity contribution in [2.45, 2.75) is 13.8 Å². The van der Waals surface area contributed by atoms with Crippen molar-refractivity contribution in [3.05, 3.63) is 70.9 Å². The van der Waals surface area contributed by atoms with Gasteiger partial charge < -0.3 is 5.32 Å². The van der Waals surface area contributed by atoms with Gasteiger partial charge in [0.1, 0.15) is 0 Å². The number of rotatable bonds is 4. The summed E-state index contributed by atoms with van der Waals surface area (Å²) in [6.45, 7) is 3.97. The number of carbonyl (C=O) groups excluding carboxylic acids is 1. The van der Waals surface area contributed by atoms with Crippen LogP contribution in [0.25, 0.3) is 16.3 Å². The van der Waals surface area contributed by atoms with E-state index in [0.29, 0.717) is 11.5 Å². The first-order chi connectivity index (χ1) is 12.6. The first-order valence-electron chi connectivity index (χ1n) is 8.16. The minimum absolute atomic E-state index is 0.289. The second-order valence-corrected chi connectivity index (χ2v) is 7.24. The third-order valence-corrected chi connectivity index (χ3v) is 4.98. The molecule has 0 atom stereocenters. The Labute approximate surface area is 154 Å². The quantitative estimate of drug-likeness (QED) is 0.571. The van der Waals surface area contributed by atoms with E-state index in [1.165, 1.54) is 4.88 Å². The summed E-state index contributed by atoms with van der Waals surface area (Å²) >= 11 is 1.67. The van der Waals surface area contributed by atoms with Gasteiger partial charge in [0, 0.05) is 16.6 Å². The molecule has 4 rings (SSSR count). The minimum Gasteiger partial charge on any atom is -0.304 e. The normalized spacial score (nSPS) is 10.8. The molecule has 26 heavy (non-hydrogen) atoms. The maximum atomic E-state index is 12.5. The molecule has 3 heterocycles. The van der Waals surface area contributed by atoms with E-state index in [1.54, 1.807) is 22.1 Å². The molecule has 0 unspecified atom stereocenters. The van der Waals surface area contributed by atoms with Crippen LogP contribution >= 0.6 is 11.3 Å². The lowest BCUT2D eigenvalue weighted by atomic mass is 10.3. The number of hydrogen-bond acceptors (Lipinski definition) is 4. The van der Waals surface area contributed by atoms with Gasteiger partial charge in [-0.2, -0.15) is 10.2 Å². The molecule has 0 fully saturated rings. The van der Waals surface area contributed by atoms with E-state index < -0.39 is 0 Å². The molecule has 1 aromatic carbocycles. The second kappa shape index (κ2) is 6.61. The predicted octanol–water partition coefficient (Wildman–Crippen LogP) is 4.19. The largest absolute Gasteiger partial charge is 0.304 e. The van der Waals surface area contributed by atoms with E-state index in [9.17, 15) is 4.79 Å². The molecule has 0 aliphatic carbocycles. The van der Waals surface area contributed by atoms with Gasteiger partial charge >= 0.3 is 0 Å². The molecule has 0 aliphatic heterocycles. The van der Waals surface area contributed by atoms with Crippen LogP contribution in [0.1, 0.15) is 21.1 Å². The zero-order valence-corrected chi connectivity index (χ0v) is 15.2. The Morgan fingerprint density at radius 3 is 2.65 bits per heavy atom. The average molecular weight is 363 g/mol. The van der Waals surface area contributed by atoms with Crippen LogP contribution in [0.3, 0.4) is 0 Å². The molecule has 4 aromatic rings. The summed E-state index contributed by atoms with van der Waals surface area (Å²) in [7, 11) is 0. The first-order valence-corrected chi connectivity index (χ1v) is 8.97. The summed E-state index contributed by atoms with van der Waals surface area (Å²) in [4.78, 5) is 14.8. The third kappa shape index (κ3) is 3.16. The van der Waals surface area contributed by atoms with Gasteiger partial charge in [0.05, 0.1) is 16.3 Å². The molecule has 7 heteroatoms. The number of aryl methyl sites for hydroxylation is 2. The van der Waals surface area contributed by atoms with Crippen molar-refractivity contribution in [2.75, 3.05) is 5.32 Å². The SMILES string of the molecule is Cc1ccc(-c2cc(NC(=O)c3cc(C)n(-c4ccccc4)n3)n[nH]2)s1. The van der Waals surface area contributed by atoms with Gasteiger partial charge in [-0.25, -0.2) is 4.68 Å². The van der Waals surface area contributed by atoms with E-state index >= 15 is 0 Å². The molecule has 1 amide bonds. The van der Waals surface area contributed by atoms with Crippen LogP contribution in [0.2, 0.25) is 0 Å². The van der Waals surface area contributed by atoms with Gasteiger partial charge in [-0.15, -0.1) is 11.3 Å². The van der Waals surface area contributed by atoms with Crippen molar-refractivity contribution in [1.82, 2.24) is 20.0 Å². The number of nitrogens with one attached hydrogen (secondary N) is 2. The fourth-order valence-electron chi connectivity index (χ4n) is 2.69. The van der Waals surface area contributed by atoms with Crippen molar-refractivity contribution in [1.29, 1.82) is 0 Å². The van der Waals surface area contributed by atoms with Gasteiger partial charge in [0.2, 0.25) is 0 Å². The van der Waals surface area contributed by atoms with Gasteiger partial charge in [-0.1, -0.05) is 18.2 Å². The van der Waals surface area contributed by atoms with E-state index in [0.717, 1.165) is 22.0 Å². The Hall–Kier alpha value is -3.19. The standard InChI is InChI=1S/C19H17N5OS/c1-12-10-16(23-24(12)14-6-4-3-5-7-14)19(25)20-18-11-15(21-22-18)17-9-8-13(2)26-17/h3-11H,1-2H3,(H2,20,21,22,25). The zero-order chi connectivity index (χ0) is 18.1. The molecule has 0 radical (unpaired) electrons. The molecule has 0 aliphatic rings. The number of aromatic nitrogens is 4. The van der Waals surface area contributed by atoms with Crippen molar-refractivity contribution >= 4 is 23.1 Å². The maximum Gasteiger partial charge on any atom is 0.277 e. The second-order valence-electron chi connectivity index (χ2n) is 5.95. The van der Waals surface area contributed by atoms with Crippen LogP contribution < -0.4 is 5.32 Å². The Bertz CT molecular complexity index is 1060. The number of hydrogen-bond donors (Lipinski definition) is 2. The average Bonchev–Trinajstić information content (AvgIpc) is 3.35. The Morgan fingerprint density at radius 1 is 1.12 bits per heavy atom. The molecular formula is C19H17N5OS. The molecule has 130 valence electrons.